The first kappa shape index (κ1) is 28.5. The smallest absolute Gasteiger partial charge is 0.407 e. The number of amides is 2. The van der Waals surface area contributed by atoms with Crippen LogP contribution >= 0.6 is 0 Å². The Labute approximate surface area is 245 Å². The summed E-state index contributed by atoms with van der Waals surface area (Å²) in [5.74, 6) is 1.45. The van der Waals surface area contributed by atoms with Crippen LogP contribution in [0.1, 0.15) is 85.6 Å². The lowest BCUT2D eigenvalue weighted by molar-refractivity contribution is -0.137. The molecule has 6 rings (SSSR count). The van der Waals surface area contributed by atoms with Gasteiger partial charge in [-0.15, -0.1) is 0 Å². The molecule has 0 unspecified atom stereocenters. The predicted molar refractivity (Wildman–Crippen MR) is 154 cm³/mol. The van der Waals surface area contributed by atoms with E-state index in [9.17, 15) is 9.59 Å². The molecule has 1 saturated carbocycles. The van der Waals surface area contributed by atoms with Crippen molar-refractivity contribution in [2.24, 2.45) is 5.92 Å². The number of nitrogens with zero attached hydrogens (tertiary/aromatic N) is 4. The van der Waals surface area contributed by atoms with Crippen LogP contribution in [0.3, 0.4) is 0 Å². The van der Waals surface area contributed by atoms with E-state index in [0.717, 1.165) is 61.2 Å². The molecular weight excluding hydrogens is 536 g/mol. The Balaban J connectivity index is 1.31. The molecule has 0 radical (unpaired) electrons. The average molecular weight is 577 g/mol. The molecule has 3 aliphatic rings. The number of aromatic nitrogens is 4. The Bertz CT molecular complexity index is 1380. The highest BCUT2D eigenvalue weighted by Gasteiger charge is 2.32. The fourth-order valence-corrected chi connectivity index (χ4v) is 6.31. The van der Waals surface area contributed by atoms with Crippen molar-refractivity contribution < 1.29 is 23.8 Å². The zero-order valence-corrected chi connectivity index (χ0v) is 24.2. The Morgan fingerprint density at radius 3 is 2.57 bits per heavy atom. The topological polar surface area (TPSA) is 129 Å². The summed E-state index contributed by atoms with van der Waals surface area (Å²) in [7, 11) is 0. The van der Waals surface area contributed by atoms with Crippen LogP contribution < -0.4 is 10.6 Å². The first-order valence-electron chi connectivity index (χ1n) is 15.2. The van der Waals surface area contributed by atoms with Crippen LogP contribution in [0.2, 0.25) is 0 Å². The molecule has 0 spiro atoms. The average Bonchev–Trinajstić information content (AvgIpc) is 3.38. The SMILES string of the molecule is CC1CCC(c2c(COC(=O)NCc3ccccc3)nc3nc(C4CCOCC4)c(C[C@@H]4OCCNC4=O)nn23)CC1. The van der Waals surface area contributed by atoms with Gasteiger partial charge in [0.1, 0.15) is 18.4 Å². The van der Waals surface area contributed by atoms with Crippen LogP contribution in [0.5, 0.6) is 0 Å². The van der Waals surface area contributed by atoms with Gasteiger partial charge in [-0.25, -0.2) is 19.3 Å². The molecule has 4 heterocycles. The van der Waals surface area contributed by atoms with E-state index in [1.807, 2.05) is 34.8 Å². The molecule has 3 aromatic rings. The molecule has 1 aliphatic carbocycles. The third-order valence-electron chi connectivity index (χ3n) is 8.71. The van der Waals surface area contributed by atoms with E-state index >= 15 is 0 Å². The van der Waals surface area contributed by atoms with Gasteiger partial charge in [-0.05, 0) is 37.2 Å². The zero-order chi connectivity index (χ0) is 28.9. The summed E-state index contributed by atoms with van der Waals surface area (Å²) < 4.78 is 19.0. The lowest BCUT2D eigenvalue weighted by atomic mass is 9.81. The predicted octanol–water partition coefficient (Wildman–Crippen LogP) is 3.80. The van der Waals surface area contributed by atoms with E-state index in [-0.39, 0.29) is 24.3 Å². The second-order valence-electron chi connectivity index (χ2n) is 11.7. The summed E-state index contributed by atoms with van der Waals surface area (Å²) >= 11 is 0. The van der Waals surface area contributed by atoms with E-state index in [1.165, 1.54) is 0 Å². The van der Waals surface area contributed by atoms with Crippen molar-refractivity contribution in [3.63, 3.8) is 0 Å². The molecule has 1 atom stereocenters. The minimum Gasteiger partial charge on any atom is -0.443 e. The number of nitrogens with one attached hydrogen (secondary N) is 2. The molecule has 11 heteroatoms. The van der Waals surface area contributed by atoms with Crippen molar-refractivity contribution >= 4 is 17.8 Å². The van der Waals surface area contributed by atoms with Gasteiger partial charge in [0.05, 0.1) is 23.7 Å². The van der Waals surface area contributed by atoms with Gasteiger partial charge in [-0.3, -0.25) is 4.79 Å². The second kappa shape index (κ2) is 13.2. The van der Waals surface area contributed by atoms with Crippen molar-refractivity contribution in [2.45, 2.75) is 83.0 Å². The maximum Gasteiger partial charge on any atom is 0.407 e. The lowest BCUT2D eigenvalue weighted by Gasteiger charge is -2.27. The normalized spacial score (nSPS) is 23.5. The summed E-state index contributed by atoms with van der Waals surface area (Å²) in [6, 6.07) is 9.73. The number of imidazole rings is 1. The highest BCUT2D eigenvalue weighted by Crippen LogP contribution is 2.38. The van der Waals surface area contributed by atoms with Gasteiger partial charge < -0.3 is 24.8 Å². The Kier molecular flexibility index (Phi) is 8.95. The first-order valence-corrected chi connectivity index (χ1v) is 15.2. The largest absolute Gasteiger partial charge is 0.443 e. The molecule has 224 valence electrons. The van der Waals surface area contributed by atoms with Crippen LogP contribution in [0.25, 0.3) is 5.78 Å². The Hall–Kier alpha value is -3.57. The third-order valence-corrected chi connectivity index (χ3v) is 8.71. The number of ether oxygens (including phenoxy) is 3. The standard InChI is InChI=1S/C31H40N6O5/c1-20-7-9-23(10-8-20)28-25(19-42-31(39)33-18-21-5-3-2-4-6-21)34-30-35-27(22-11-14-40-15-12-22)24(36-37(28)30)17-26-29(38)32-13-16-41-26/h2-6,20,22-23,26H,7-19H2,1H3,(H,32,38)(H,33,39)/t20?,23?,26-/m0/s1. The summed E-state index contributed by atoms with van der Waals surface area (Å²) in [6.45, 7) is 5.02. The fraction of sp³-hybridized carbons (Fsp3) is 0.581. The number of rotatable bonds is 8. The molecule has 2 saturated heterocycles. The van der Waals surface area contributed by atoms with Crippen LogP contribution in [-0.4, -0.2) is 64.1 Å². The van der Waals surface area contributed by atoms with Gasteiger partial charge in [-0.1, -0.05) is 50.1 Å². The number of carbonyl (C=O) groups is 2. The summed E-state index contributed by atoms with van der Waals surface area (Å²) in [4.78, 5) is 35.2. The van der Waals surface area contributed by atoms with Gasteiger partial charge in [0, 0.05) is 44.6 Å². The van der Waals surface area contributed by atoms with E-state index in [1.54, 1.807) is 0 Å². The van der Waals surface area contributed by atoms with Gasteiger partial charge in [0.15, 0.2) is 0 Å². The number of hydrogen-bond donors (Lipinski definition) is 2. The van der Waals surface area contributed by atoms with E-state index in [4.69, 9.17) is 29.3 Å². The van der Waals surface area contributed by atoms with Crippen molar-refractivity contribution in [3.05, 3.63) is 58.7 Å². The summed E-state index contributed by atoms with van der Waals surface area (Å²) in [5.41, 5.74) is 4.25. The Morgan fingerprint density at radius 2 is 1.81 bits per heavy atom. The van der Waals surface area contributed by atoms with Gasteiger partial charge in [0.25, 0.3) is 5.78 Å². The number of hydrogen-bond acceptors (Lipinski definition) is 8. The van der Waals surface area contributed by atoms with Crippen molar-refractivity contribution in [1.29, 1.82) is 0 Å². The summed E-state index contributed by atoms with van der Waals surface area (Å²) in [5, 5.41) is 10.9. The first-order chi connectivity index (χ1) is 20.5. The Morgan fingerprint density at radius 1 is 1.02 bits per heavy atom. The van der Waals surface area contributed by atoms with Gasteiger partial charge in [0.2, 0.25) is 5.91 Å². The van der Waals surface area contributed by atoms with Crippen LogP contribution in [-0.2, 0) is 38.6 Å². The maximum absolute atomic E-state index is 12.6. The molecule has 2 aromatic heterocycles. The second-order valence-corrected chi connectivity index (χ2v) is 11.7. The van der Waals surface area contributed by atoms with Crippen LogP contribution in [0.15, 0.2) is 30.3 Å². The molecule has 1 aromatic carbocycles. The molecular formula is C31H40N6O5. The molecule has 0 bridgehead atoms. The fourth-order valence-electron chi connectivity index (χ4n) is 6.31. The van der Waals surface area contributed by atoms with Crippen LogP contribution in [0.4, 0.5) is 4.79 Å². The van der Waals surface area contributed by atoms with Gasteiger partial charge in [-0.2, -0.15) is 5.10 Å². The quantitative estimate of drug-likeness (QED) is 0.415. The molecule has 42 heavy (non-hydrogen) atoms. The number of morpholine rings is 1. The minimum absolute atomic E-state index is 0.0309. The molecule has 11 nitrogen and oxygen atoms in total. The van der Waals surface area contributed by atoms with Crippen molar-refractivity contribution in [2.75, 3.05) is 26.4 Å². The van der Waals surface area contributed by atoms with Gasteiger partial charge >= 0.3 is 6.09 Å². The maximum atomic E-state index is 12.6. The number of fused-ring (bicyclic) bond motifs is 1. The molecule has 2 amide bonds. The number of alkyl carbamates (subject to hydrolysis) is 1. The summed E-state index contributed by atoms with van der Waals surface area (Å²) in [6.07, 6.45) is 5.16. The minimum atomic E-state index is -0.609. The number of benzene rings is 1. The van der Waals surface area contributed by atoms with E-state index < -0.39 is 12.2 Å². The molecule has 3 fully saturated rings. The van der Waals surface area contributed by atoms with Crippen molar-refractivity contribution in [3.8, 4) is 0 Å². The van der Waals surface area contributed by atoms with E-state index in [0.29, 0.717) is 56.7 Å². The van der Waals surface area contributed by atoms with Crippen molar-refractivity contribution in [1.82, 2.24) is 30.2 Å². The molecule has 2 N–H and O–H groups in total. The zero-order valence-electron chi connectivity index (χ0n) is 24.2. The third kappa shape index (κ3) is 6.57. The monoisotopic (exact) mass is 576 g/mol. The van der Waals surface area contributed by atoms with Crippen LogP contribution in [0, 0.1) is 5.92 Å². The number of carbonyl (C=O) groups excluding carboxylic acids is 2. The highest BCUT2D eigenvalue weighted by atomic mass is 16.5. The highest BCUT2D eigenvalue weighted by molar-refractivity contribution is 5.81. The molecule has 2 aliphatic heterocycles. The lowest BCUT2D eigenvalue weighted by Crippen LogP contribution is -2.45. The van der Waals surface area contributed by atoms with E-state index in [2.05, 4.69) is 17.6 Å².